The van der Waals surface area contributed by atoms with Crippen LogP contribution in [0.1, 0.15) is 20.3 Å². The van der Waals surface area contributed by atoms with Gasteiger partial charge in [-0.05, 0) is 18.8 Å². The minimum Gasteiger partial charge on any atom is -0.254 e. The topological polar surface area (TPSA) is 17.1 Å². The van der Waals surface area contributed by atoms with Gasteiger partial charge in [-0.1, -0.05) is 23.8 Å². The van der Waals surface area contributed by atoms with Gasteiger partial charge in [-0.3, -0.25) is 4.21 Å². The Morgan fingerprint density at radius 1 is 1.80 bits per heavy atom. The number of thiol groups is 1. The predicted octanol–water partition coefficient (Wildman–Crippen LogP) is 2.58. The summed E-state index contributed by atoms with van der Waals surface area (Å²) in [7, 11) is 0.509. The van der Waals surface area contributed by atoms with Crippen molar-refractivity contribution in [2.75, 3.05) is 0 Å². The number of hydrogen-bond acceptors (Lipinski definition) is 3. The first-order valence-corrected chi connectivity index (χ1v) is 6.29. The van der Waals surface area contributed by atoms with Gasteiger partial charge in [0, 0.05) is 0 Å². The Balaban J connectivity index is 3.89. The third-order valence-electron chi connectivity index (χ3n) is 0.980. The van der Waals surface area contributed by atoms with Gasteiger partial charge in [-0.2, -0.15) is 0 Å². The van der Waals surface area contributed by atoms with E-state index in [1.165, 1.54) is 10.8 Å². The summed E-state index contributed by atoms with van der Waals surface area (Å²) in [5.41, 5.74) is 0. The molecular formula is C6H12OS3. The molecule has 0 saturated heterocycles. The van der Waals surface area contributed by atoms with Crippen molar-refractivity contribution in [1.82, 2.24) is 0 Å². The highest BCUT2D eigenvalue weighted by Gasteiger charge is 2.09. The molecule has 2 unspecified atom stereocenters. The average molecular weight is 196 g/mol. The molecule has 0 N–H and O–H groups in total. The standard InChI is InChI=1S/C6H12OS3/c1-3-5-10(7)6(4-2)9-8/h3,5-6,8H,4H2,1-2H3. The Morgan fingerprint density at radius 2 is 2.40 bits per heavy atom. The molecule has 0 aromatic heterocycles. The summed E-state index contributed by atoms with van der Waals surface area (Å²) < 4.78 is 11.3. The van der Waals surface area contributed by atoms with E-state index in [4.69, 9.17) is 0 Å². The highest BCUT2D eigenvalue weighted by molar-refractivity contribution is 8.70. The van der Waals surface area contributed by atoms with E-state index in [1.54, 1.807) is 5.41 Å². The van der Waals surface area contributed by atoms with Crippen LogP contribution in [-0.2, 0) is 10.8 Å². The first-order chi connectivity index (χ1) is 4.76. The van der Waals surface area contributed by atoms with Gasteiger partial charge >= 0.3 is 0 Å². The molecule has 10 heavy (non-hydrogen) atoms. The maximum atomic E-state index is 11.2. The molecule has 0 aromatic carbocycles. The van der Waals surface area contributed by atoms with Crippen molar-refractivity contribution >= 4 is 33.3 Å². The second kappa shape index (κ2) is 6.31. The average Bonchev–Trinajstić information content (AvgIpc) is 1.91. The van der Waals surface area contributed by atoms with Crippen LogP contribution >= 0.6 is 22.5 Å². The Bertz CT molecular complexity index is 129. The van der Waals surface area contributed by atoms with Crippen molar-refractivity contribution in [3.63, 3.8) is 0 Å². The predicted molar refractivity (Wildman–Crippen MR) is 53.6 cm³/mol. The zero-order chi connectivity index (χ0) is 7.98. The summed E-state index contributed by atoms with van der Waals surface area (Å²) in [6.45, 7) is 3.88. The summed E-state index contributed by atoms with van der Waals surface area (Å²) >= 11 is 4.02. The third-order valence-corrected chi connectivity index (χ3v) is 4.99. The van der Waals surface area contributed by atoms with Gasteiger partial charge in [-0.25, -0.2) is 0 Å². The maximum Gasteiger partial charge on any atom is 0.0940 e. The van der Waals surface area contributed by atoms with E-state index in [-0.39, 0.29) is 4.58 Å². The fourth-order valence-corrected chi connectivity index (χ4v) is 3.17. The van der Waals surface area contributed by atoms with Crippen LogP contribution in [0.5, 0.6) is 0 Å². The number of hydrogen-bond donors (Lipinski definition) is 1. The molecule has 0 rings (SSSR count). The van der Waals surface area contributed by atoms with E-state index in [9.17, 15) is 4.21 Å². The molecule has 0 aliphatic heterocycles. The van der Waals surface area contributed by atoms with Crippen molar-refractivity contribution in [3.8, 4) is 0 Å². The van der Waals surface area contributed by atoms with Crippen LogP contribution in [0.15, 0.2) is 11.5 Å². The molecule has 0 aliphatic rings. The molecule has 0 fully saturated rings. The molecule has 0 spiro atoms. The van der Waals surface area contributed by atoms with Crippen LogP contribution in [0.4, 0.5) is 0 Å². The molecule has 0 radical (unpaired) electrons. The van der Waals surface area contributed by atoms with Crippen LogP contribution < -0.4 is 0 Å². The van der Waals surface area contributed by atoms with Gasteiger partial charge < -0.3 is 0 Å². The van der Waals surface area contributed by atoms with Crippen LogP contribution in [0.25, 0.3) is 0 Å². The lowest BCUT2D eigenvalue weighted by molar-refractivity contribution is 0.685. The quantitative estimate of drug-likeness (QED) is 0.550. The summed E-state index contributed by atoms with van der Waals surface area (Å²) in [5, 5.41) is 1.71. The number of allylic oxidation sites excluding steroid dienone is 1. The Labute approximate surface area is 73.9 Å². The molecule has 0 aliphatic carbocycles. The van der Waals surface area contributed by atoms with Crippen molar-refractivity contribution in [1.29, 1.82) is 0 Å². The van der Waals surface area contributed by atoms with Gasteiger partial charge in [0.25, 0.3) is 0 Å². The van der Waals surface area contributed by atoms with E-state index in [2.05, 4.69) is 11.7 Å². The van der Waals surface area contributed by atoms with Crippen LogP contribution in [0, 0.1) is 0 Å². The second-order valence-electron chi connectivity index (χ2n) is 1.74. The monoisotopic (exact) mass is 196 g/mol. The van der Waals surface area contributed by atoms with E-state index in [0.29, 0.717) is 0 Å². The van der Waals surface area contributed by atoms with E-state index >= 15 is 0 Å². The minimum absolute atomic E-state index is 0.138. The molecular weight excluding hydrogens is 184 g/mol. The largest absolute Gasteiger partial charge is 0.254 e. The highest BCUT2D eigenvalue weighted by Crippen LogP contribution is 2.21. The van der Waals surface area contributed by atoms with Crippen molar-refractivity contribution in [2.24, 2.45) is 0 Å². The molecule has 2 atom stereocenters. The molecule has 1 nitrogen and oxygen atoms in total. The normalized spacial score (nSPS) is 17.5. The van der Waals surface area contributed by atoms with Crippen LogP contribution in [0.3, 0.4) is 0 Å². The van der Waals surface area contributed by atoms with Gasteiger partial charge in [-0.15, -0.1) is 11.7 Å². The first kappa shape index (κ1) is 10.6. The second-order valence-corrected chi connectivity index (χ2v) is 4.95. The summed E-state index contributed by atoms with van der Waals surface area (Å²) in [5.74, 6) is 0. The molecule has 0 bridgehead atoms. The van der Waals surface area contributed by atoms with Gasteiger partial charge in [0.1, 0.15) is 0 Å². The van der Waals surface area contributed by atoms with Crippen LogP contribution in [0.2, 0.25) is 0 Å². The molecule has 4 heteroatoms. The zero-order valence-electron chi connectivity index (χ0n) is 6.11. The lowest BCUT2D eigenvalue weighted by Crippen LogP contribution is -2.04. The van der Waals surface area contributed by atoms with Crippen molar-refractivity contribution in [2.45, 2.75) is 24.9 Å². The van der Waals surface area contributed by atoms with E-state index in [0.717, 1.165) is 6.42 Å². The zero-order valence-corrected chi connectivity index (χ0v) is 8.64. The molecule has 0 amide bonds. The summed E-state index contributed by atoms with van der Waals surface area (Å²) in [4.78, 5) is 0. The van der Waals surface area contributed by atoms with Crippen molar-refractivity contribution < 1.29 is 4.21 Å². The highest BCUT2D eigenvalue weighted by atomic mass is 33.1. The van der Waals surface area contributed by atoms with Crippen LogP contribution in [-0.4, -0.2) is 8.79 Å². The maximum absolute atomic E-state index is 11.2. The Morgan fingerprint density at radius 3 is 2.70 bits per heavy atom. The third kappa shape index (κ3) is 3.68. The molecule has 0 aromatic rings. The summed E-state index contributed by atoms with van der Waals surface area (Å²) in [6.07, 6.45) is 2.70. The molecule has 0 heterocycles. The van der Waals surface area contributed by atoms with Gasteiger partial charge in [0.05, 0.1) is 15.4 Å². The fraction of sp³-hybridized carbons (Fsp3) is 0.667. The fourth-order valence-electron chi connectivity index (χ4n) is 0.503. The first-order valence-electron chi connectivity index (χ1n) is 3.08. The lowest BCUT2D eigenvalue weighted by atomic mass is 10.6. The molecule has 60 valence electrons. The van der Waals surface area contributed by atoms with E-state index < -0.39 is 10.8 Å². The minimum atomic E-state index is -0.852. The SMILES string of the molecule is CC=CS(=O)C(CC)SS. The van der Waals surface area contributed by atoms with Crippen molar-refractivity contribution in [3.05, 3.63) is 11.5 Å². The van der Waals surface area contributed by atoms with Gasteiger partial charge in [0.15, 0.2) is 0 Å². The molecule has 0 saturated carbocycles. The Hall–Kier alpha value is 0.590. The lowest BCUT2D eigenvalue weighted by Gasteiger charge is -2.05. The Kier molecular flexibility index (Phi) is 6.68. The van der Waals surface area contributed by atoms with Gasteiger partial charge in [0.2, 0.25) is 0 Å². The number of rotatable bonds is 4. The smallest absolute Gasteiger partial charge is 0.0940 e. The van der Waals surface area contributed by atoms with E-state index in [1.807, 2.05) is 19.9 Å². The summed E-state index contributed by atoms with van der Waals surface area (Å²) in [6, 6.07) is 0.